The van der Waals surface area contributed by atoms with Gasteiger partial charge in [0.25, 0.3) is 5.95 Å². The van der Waals surface area contributed by atoms with Crippen molar-refractivity contribution in [2.24, 2.45) is 5.10 Å². The number of phenolic OH excluding ortho intramolecular Hbond substituents is 1. The van der Waals surface area contributed by atoms with Crippen LogP contribution in [0.4, 0.5) is 5.95 Å². The van der Waals surface area contributed by atoms with E-state index in [0.717, 1.165) is 10.9 Å². The Balaban J connectivity index is 1.57. The van der Waals surface area contributed by atoms with Crippen molar-refractivity contribution in [1.29, 1.82) is 0 Å². The van der Waals surface area contributed by atoms with E-state index in [-0.39, 0.29) is 11.7 Å². The molecule has 0 aliphatic heterocycles. The summed E-state index contributed by atoms with van der Waals surface area (Å²) in [6, 6.07) is 12.7. The molecule has 0 atom stereocenters. The van der Waals surface area contributed by atoms with Gasteiger partial charge in [0.05, 0.1) is 13.3 Å². The lowest BCUT2D eigenvalue weighted by molar-refractivity contribution is 0.407. The predicted molar refractivity (Wildman–Crippen MR) is 95.1 cm³/mol. The number of phenols is 1. The molecule has 4 rings (SSSR count). The molecule has 3 N–H and O–H groups in total. The third-order valence-electron chi connectivity index (χ3n) is 3.73. The molecule has 124 valence electrons. The average molecular weight is 334 g/mol. The molecule has 0 saturated heterocycles. The summed E-state index contributed by atoms with van der Waals surface area (Å²) in [5, 5.41) is 23.1. The van der Waals surface area contributed by atoms with Gasteiger partial charge in [-0.05, 0) is 18.2 Å². The van der Waals surface area contributed by atoms with E-state index in [1.54, 1.807) is 12.1 Å². The van der Waals surface area contributed by atoms with Gasteiger partial charge in [0.1, 0.15) is 17.0 Å². The fourth-order valence-electron chi connectivity index (χ4n) is 2.49. The summed E-state index contributed by atoms with van der Waals surface area (Å²) < 4.78 is 5.04. The summed E-state index contributed by atoms with van der Waals surface area (Å²) in [7, 11) is 1.54. The number of hydrogen-bond acceptors (Lipinski definition) is 7. The van der Waals surface area contributed by atoms with Gasteiger partial charge >= 0.3 is 0 Å². The predicted octanol–water partition coefficient (Wildman–Crippen LogP) is 2.67. The number of hydrazone groups is 1. The van der Waals surface area contributed by atoms with Crippen LogP contribution in [0.15, 0.2) is 47.6 Å². The monoisotopic (exact) mass is 334 g/mol. The molecule has 0 bridgehead atoms. The first-order valence-corrected chi connectivity index (χ1v) is 7.52. The minimum Gasteiger partial charge on any atom is -0.507 e. The second-order valence-electron chi connectivity index (χ2n) is 5.30. The Hall–Kier alpha value is -3.68. The largest absolute Gasteiger partial charge is 0.507 e. The molecule has 25 heavy (non-hydrogen) atoms. The molecule has 2 aromatic carbocycles. The second kappa shape index (κ2) is 6.08. The van der Waals surface area contributed by atoms with Gasteiger partial charge in [-0.15, -0.1) is 10.2 Å². The van der Waals surface area contributed by atoms with Crippen molar-refractivity contribution >= 4 is 34.2 Å². The van der Waals surface area contributed by atoms with Crippen LogP contribution in [0, 0.1) is 0 Å². The third-order valence-corrected chi connectivity index (χ3v) is 3.73. The van der Waals surface area contributed by atoms with E-state index in [2.05, 4.69) is 30.7 Å². The van der Waals surface area contributed by atoms with Crippen LogP contribution < -0.4 is 10.2 Å². The molecule has 2 aromatic heterocycles. The Morgan fingerprint density at radius 1 is 1.20 bits per heavy atom. The number of fused-ring (bicyclic) bond motifs is 3. The van der Waals surface area contributed by atoms with Crippen molar-refractivity contribution in [2.45, 2.75) is 0 Å². The highest BCUT2D eigenvalue weighted by atomic mass is 16.5. The number of hydrogen-bond donors (Lipinski definition) is 3. The number of H-pyrrole nitrogens is 1. The zero-order chi connectivity index (χ0) is 17.2. The first-order chi connectivity index (χ1) is 12.2. The Labute approximate surface area is 142 Å². The van der Waals surface area contributed by atoms with Gasteiger partial charge in [0, 0.05) is 22.5 Å². The number of anilines is 1. The Morgan fingerprint density at radius 2 is 2.08 bits per heavy atom. The minimum absolute atomic E-state index is 0.0648. The summed E-state index contributed by atoms with van der Waals surface area (Å²) >= 11 is 0. The van der Waals surface area contributed by atoms with E-state index >= 15 is 0 Å². The molecule has 4 aromatic rings. The van der Waals surface area contributed by atoms with Gasteiger partial charge in [0.2, 0.25) is 0 Å². The highest BCUT2D eigenvalue weighted by Crippen LogP contribution is 2.23. The van der Waals surface area contributed by atoms with Crippen LogP contribution in [0.1, 0.15) is 5.56 Å². The highest BCUT2D eigenvalue weighted by molar-refractivity contribution is 6.03. The molecule has 0 aliphatic rings. The zero-order valence-corrected chi connectivity index (χ0v) is 13.3. The maximum absolute atomic E-state index is 9.89. The fourth-order valence-corrected chi connectivity index (χ4v) is 2.49. The van der Waals surface area contributed by atoms with Crippen LogP contribution in [0.2, 0.25) is 0 Å². The molecule has 0 unspecified atom stereocenters. The maximum Gasteiger partial charge on any atom is 0.265 e. The normalized spacial score (nSPS) is 11.4. The summed E-state index contributed by atoms with van der Waals surface area (Å²) in [5.41, 5.74) is 5.52. The van der Waals surface area contributed by atoms with Crippen molar-refractivity contribution in [3.8, 4) is 11.5 Å². The molecule has 8 nitrogen and oxygen atoms in total. The van der Waals surface area contributed by atoms with Crippen LogP contribution in [0.25, 0.3) is 22.1 Å². The van der Waals surface area contributed by atoms with Crippen LogP contribution in [0.3, 0.4) is 0 Å². The van der Waals surface area contributed by atoms with Gasteiger partial charge in [0.15, 0.2) is 5.65 Å². The summed E-state index contributed by atoms with van der Waals surface area (Å²) in [6.07, 6.45) is 1.47. The smallest absolute Gasteiger partial charge is 0.265 e. The summed E-state index contributed by atoms with van der Waals surface area (Å²) in [4.78, 5) is 7.55. The quantitative estimate of drug-likeness (QED) is 0.391. The van der Waals surface area contributed by atoms with Crippen molar-refractivity contribution in [3.05, 3.63) is 48.0 Å². The van der Waals surface area contributed by atoms with E-state index in [0.29, 0.717) is 22.5 Å². The molecule has 0 amide bonds. The lowest BCUT2D eigenvalue weighted by Crippen LogP contribution is -1.99. The lowest BCUT2D eigenvalue weighted by Gasteiger charge is -2.02. The van der Waals surface area contributed by atoms with Crippen LogP contribution in [-0.2, 0) is 0 Å². The molecular weight excluding hydrogens is 320 g/mol. The summed E-state index contributed by atoms with van der Waals surface area (Å²) in [5.74, 6) is 0.887. The third kappa shape index (κ3) is 2.80. The van der Waals surface area contributed by atoms with E-state index < -0.39 is 0 Å². The molecular formula is C17H14N6O2. The molecule has 2 heterocycles. The molecule has 0 saturated carbocycles. The SMILES string of the molecule is COc1ccc(C=NNc2nnc3c(n2)[nH]c2ccccc23)c(O)c1. The molecule has 0 spiro atoms. The maximum atomic E-state index is 9.89. The Kier molecular flexibility index (Phi) is 3.62. The van der Waals surface area contributed by atoms with Crippen molar-refractivity contribution in [2.75, 3.05) is 12.5 Å². The van der Waals surface area contributed by atoms with Gasteiger partial charge in [-0.3, -0.25) is 0 Å². The highest BCUT2D eigenvalue weighted by Gasteiger charge is 2.08. The number of aromatic hydroxyl groups is 1. The topological polar surface area (TPSA) is 108 Å². The van der Waals surface area contributed by atoms with Crippen molar-refractivity contribution in [3.63, 3.8) is 0 Å². The first kappa shape index (κ1) is 14.9. The number of aromatic nitrogens is 4. The lowest BCUT2D eigenvalue weighted by atomic mass is 10.2. The fraction of sp³-hybridized carbons (Fsp3) is 0.0588. The number of benzene rings is 2. The number of para-hydroxylation sites is 1. The van der Waals surface area contributed by atoms with E-state index in [1.807, 2.05) is 24.3 Å². The molecule has 8 heteroatoms. The van der Waals surface area contributed by atoms with Crippen LogP contribution in [-0.4, -0.2) is 38.6 Å². The minimum atomic E-state index is 0.0648. The zero-order valence-electron chi connectivity index (χ0n) is 13.3. The number of nitrogens with zero attached hydrogens (tertiary/aromatic N) is 4. The molecule has 0 radical (unpaired) electrons. The number of nitrogens with one attached hydrogen (secondary N) is 2. The summed E-state index contributed by atoms with van der Waals surface area (Å²) in [6.45, 7) is 0. The Morgan fingerprint density at radius 3 is 2.92 bits per heavy atom. The van der Waals surface area contributed by atoms with Gasteiger partial charge in [-0.1, -0.05) is 18.2 Å². The van der Waals surface area contributed by atoms with Crippen molar-refractivity contribution in [1.82, 2.24) is 20.2 Å². The number of methoxy groups -OCH3 is 1. The van der Waals surface area contributed by atoms with E-state index in [9.17, 15) is 5.11 Å². The van der Waals surface area contributed by atoms with Crippen LogP contribution in [0.5, 0.6) is 11.5 Å². The Bertz CT molecular complexity index is 1090. The van der Waals surface area contributed by atoms with E-state index in [4.69, 9.17) is 4.74 Å². The van der Waals surface area contributed by atoms with Gasteiger partial charge < -0.3 is 14.8 Å². The number of rotatable bonds is 4. The van der Waals surface area contributed by atoms with Crippen LogP contribution >= 0.6 is 0 Å². The average Bonchev–Trinajstić information content (AvgIpc) is 3.00. The standard InChI is InChI=1S/C17H14N6O2/c1-25-11-7-6-10(14(24)8-11)9-18-22-17-20-16-15(21-23-17)12-4-2-3-5-13(12)19-16/h2-9,24H,1H3,(H2,19,20,22,23). The van der Waals surface area contributed by atoms with Crippen molar-refractivity contribution < 1.29 is 9.84 Å². The first-order valence-electron chi connectivity index (χ1n) is 7.52. The molecule has 0 fully saturated rings. The number of ether oxygens (including phenoxy) is 1. The number of aromatic amines is 1. The molecule has 0 aliphatic carbocycles. The van der Waals surface area contributed by atoms with Gasteiger partial charge in [-0.2, -0.15) is 10.1 Å². The van der Waals surface area contributed by atoms with Gasteiger partial charge in [-0.25, -0.2) is 5.43 Å². The van der Waals surface area contributed by atoms with E-state index in [1.165, 1.54) is 19.4 Å². The second-order valence-corrected chi connectivity index (χ2v) is 5.30.